The van der Waals surface area contributed by atoms with E-state index in [1.807, 2.05) is 34.6 Å². The van der Waals surface area contributed by atoms with Crippen molar-refractivity contribution < 1.29 is 122 Å². The number of carbonyl (C=O) groups excluding carboxylic acids is 2. The van der Waals surface area contributed by atoms with E-state index in [0.29, 0.717) is 44.9 Å². The van der Waals surface area contributed by atoms with Crippen molar-refractivity contribution in [2.45, 2.75) is 230 Å². The van der Waals surface area contributed by atoms with Crippen LogP contribution in [0.1, 0.15) is 145 Å². The fourth-order valence-corrected chi connectivity index (χ4v) is 12.2. The number of ketones is 1. The summed E-state index contributed by atoms with van der Waals surface area (Å²) in [6.07, 6.45) is -17.9. The molecular weight excluding hydrogens is 1000 g/mol. The van der Waals surface area contributed by atoms with Gasteiger partial charge in [-0.05, 0) is 89.5 Å². The number of alkyl halides is 9. The van der Waals surface area contributed by atoms with E-state index in [4.69, 9.17) is 23.7 Å². The van der Waals surface area contributed by atoms with E-state index < -0.39 is 137 Å². The topological polar surface area (TPSA) is 184 Å². The summed E-state index contributed by atoms with van der Waals surface area (Å²) in [5, 5.41) is 42.6. The van der Waals surface area contributed by atoms with Crippen molar-refractivity contribution in [3.05, 3.63) is 24.0 Å². The van der Waals surface area contributed by atoms with Gasteiger partial charge < -0.3 is 48.5 Å². The van der Waals surface area contributed by atoms with E-state index in [9.17, 15) is 64.4 Å². The van der Waals surface area contributed by atoms with E-state index in [1.54, 1.807) is 46.8 Å². The number of hydrogen-bond donors (Lipinski definition) is 2. The molecule has 6 heterocycles. The number of halogens is 9. The van der Waals surface area contributed by atoms with Crippen LogP contribution in [0.3, 0.4) is 0 Å². The summed E-state index contributed by atoms with van der Waals surface area (Å²) < 4.78 is 163. The third-order valence-electron chi connectivity index (χ3n) is 16.9. The number of aliphatic hydroxyl groups excluding tert-OH is 1. The first-order valence-corrected chi connectivity index (χ1v) is 25.2. The van der Waals surface area contributed by atoms with Crippen molar-refractivity contribution in [3.8, 4) is 0 Å². The Morgan fingerprint density at radius 1 is 0.877 bits per heavy atom. The van der Waals surface area contributed by atoms with Gasteiger partial charge in [-0.25, -0.2) is 4.68 Å². The number of carboxylic acid groups (broad SMARTS) is 1. The van der Waals surface area contributed by atoms with Gasteiger partial charge in [0.15, 0.2) is 11.6 Å². The fraction of sp³-hybridized carbons (Fsp3) is 0.878. The number of hydrogen-bond acceptors (Lipinski definition) is 13. The zero-order valence-corrected chi connectivity index (χ0v) is 45.4. The Hall–Kier alpha value is -1.93. The molecule has 2 spiro atoms. The molecule has 6 rings (SSSR count). The second kappa shape index (κ2) is 22.4. The van der Waals surface area contributed by atoms with Crippen LogP contribution in [0.2, 0.25) is 0 Å². The zero-order chi connectivity index (χ0) is 53.9. The molecule has 14 nitrogen and oxygen atoms in total. The summed E-state index contributed by atoms with van der Waals surface area (Å²) in [6.45, 7) is 16.1. The molecule has 0 aliphatic carbocycles. The van der Waals surface area contributed by atoms with Crippen molar-refractivity contribution in [1.29, 1.82) is 0 Å². The molecule has 0 aromatic carbocycles. The van der Waals surface area contributed by atoms with Gasteiger partial charge >= 0.3 is 53.7 Å². The number of aromatic nitrogens is 3. The largest absolute Gasteiger partial charge is 1.00 e. The molecule has 5 aliphatic rings. The molecule has 0 saturated carbocycles. The maximum absolute atomic E-state index is 14.7. The van der Waals surface area contributed by atoms with Crippen molar-refractivity contribution in [2.24, 2.45) is 41.4 Å². The van der Waals surface area contributed by atoms with Gasteiger partial charge in [-0.2, -0.15) is 39.5 Å². The fourth-order valence-electron chi connectivity index (χ4n) is 12.2. The number of aliphatic carboxylic acids is 1. The minimum absolute atomic E-state index is 0. The Morgan fingerprint density at radius 3 is 2.04 bits per heavy atom. The van der Waals surface area contributed by atoms with Gasteiger partial charge in [-0.1, -0.05) is 66.7 Å². The van der Waals surface area contributed by atoms with Crippen LogP contribution in [0.5, 0.6) is 0 Å². The molecule has 18 atom stereocenters. The predicted molar refractivity (Wildman–Crippen MR) is 235 cm³/mol. The summed E-state index contributed by atoms with van der Waals surface area (Å²) in [4.78, 5) is 26.6. The summed E-state index contributed by atoms with van der Waals surface area (Å²) in [5.41, 5.74) is -9.65. The number of aliphatic hydroxyl groups is 2. The molecule has 0 amide bonds. The van der Waals surface area contributed by atoms with E-state index >= 15 is 0 Å². The summed E-state index contributed by atoms with van der Waals surface area (Å²) >= 11 is 0. The molecule has 24 heteroatoms. The Kier molecular flexibility index (Phi) is 19.0. The van der Waals surface area contributed by atoms with Gasteiger partial charge in [0.2, 0.25) is 0 Å². The number of carbonyl (C=O) groups is 2. The Labute approximate surface area is 442 Å². The average Bonchev–Trinajstić information content (AvgIpc) is 3.89. The van der Waals surface area contributed by atoms with E-state index in [-0.39, 0.29) is 66.4 Å². The number of carboxylic acids is 1. The van der Waals surface area contributed by atoms with Gasteiger partial charge in [0.1, 0.15) is 17.5 Å². The normalized spacial score (nSPS) is 37.6. The Bertz CT molecular complexity index is 2060. The maximum Gasteiger partial charge on any atom is 1.00 e. The van der Waals surface area contributed by atoms with Gasteiger partial charge in [0, 0.05) is 42.0 Å². The molecule has 1 aromatic heterocycles. The van der Waals surface area contributed by atoms with E-state index in [1.165, 1.54) is 0 Å². The van der Waals surface area contributed by atoms with Crippen LogP contribution in [0.4, 0.5) is 39.5 Å². The van der Waals surface area contributed by atoms with Crippen LogP contribution < -0.4 is 34.7 Å². The van der Waals surface area contributed by atoms with Crippen molar-refractivity contribution in [2.75, 3.05) is 0 Å². The first kappa shape index (κ1) is 61.9. The second-order valence-corrected chi connectivity index (χ2v) is 21.5. The Balaban J connectivity index is 0.00000988. The third-order valence-corrected chi connectivity index (χ3v) is 16.9. The minimum atomic E-state index is -6.97. The molecule has 5 aliphatic heterocycles. The first-order valence-electron chi connectivity index (χ1n) is 25.2. The van der Waals surface area contributed by atoms with Crippen molar-refractivity contribution in [3.63, 3.8) is 0 Å². The van der Waals surface area contributed by atoms with Gasteiger partial charge in [-0.15, -0.1) is 5.10 Å². The summed E-state index contributed by atoms with van der Waals surface area (Å²) in [6, 6.07) is -1.23. The van der Waals surface area contributed by atoms with Crippen LogP contribution in [-0.4, -0.2) is 120 Å². The molecule has 2 N–H and O–H groups in total. The predicted octanol–water partition coefficient (Wildman–Crippen LogP) is 5.27. The molecule has 4 saturated heterocycles. The molecular formula is C49H71F9N3NaO11. The van der Waals surface area contributed by atoms with E-state index in [0.717, 1.165) is 10.9 Å². The van der Waals surface area contributed by atoms with Crippen molar-refractivity contribution in [1.82, 2.24) is 15.0 Å². The zero-order valence-electron chi connectivity index (χ0n) is 43.4. The van der Waals surface area contributed by atoms with E-state index in [2.05, 4.69) is 15.0 Å². The summed E-state index contributed by atoms with van der Waals surface area (Å²) in [7, 11) is 0. The summed E-state index contributed by atoms with van der Waals surface area (Å²) in [5.74, 6) is -8.92. The van der Waals surface area contributed by atoms with Crippen LogP contribution in [-0.2, 0) is 44.6 Å². The second-order valence-electron chi connectivity index (χ2n) is 21.5. The maximum atomic E-state index is 14.7. The molecule has 412 valence electrons. The molecule has 73 heavy (non-hydrogen) atoms. The molecule has 0 radical (unpaired) electrons. The number of nitrogens with zero attached hydrogens (tertiary/aromatic N) is 3. The van der Waals surface area contributed by atoms with Gasteiger partial charge in [0.25, 0.3) is 0 Å². The monoisotopic (exact) mass is 1070 g/mol. The van der Waals surface area contributed by atoms with Crippen LogP contribution in [0.25, 0.3) is 0 Å². The van der Waals surface area contributed by atoms with Crippen LogP contribution >= 0.6 is 0 Å². The molecule has 0 bridgehead atoms. The smallest absolute Gasteiger partial charge is 0.550 e. The quantitative estimate of drug-likeness (QED) is 0.124. The number of rotatable bonds is 16. The SMILES string of the molecule is CC[C@@H](C(=O)[C@@H](C)[C@@H](O)[C@H](C)[C@@H]1O[C@@H]([C@@H](CC)C(=O)[O-])CC[C@@H]1C)[C@H]1O[C@]2(C=C[C@H](n3cc(COC(C(F)(F)F)(C(F)(F)F)C(F)(F)F)nn3)[C@]3(CC[C@@](C)([C@H]4CC[C@](O)(CC)[C@H](C)O4)O3)O2)[C@H](C)C[C@@H]1C.[Na+]. The Morgan fingerprint density at radius 2 is 1.49 bits per heavy atom. The third kappa shape index (κ3) is 11.5. The van der Waals surface area contributed by atoms with Crippen LogP contribution in [0, 0.1) is 41.4 Å². The minimum Gasteiger partial charge on any atom is -0.550 e. The van der Waals surface area contributed by atoms with Crippen molar-refractivity contribution >= 4 is 11.8 Å². The number of ether oxygens (including phenoxy) is 6. The van der Waals surface area contributed by atoms with Gasteiger partial charge in [0.05, 0.1) is 60.6 Å². The van der Waals surface area contributed by atoms with Crippen LogP contribution in [0.15, 0.2) is 18.3 Å². The van der Waals surface area contributed by atoms with Gasteiger partial charge in [-0.3, -0.25) is 4.79 Å². The molecule has 4 fully saturated rings. The average molecular weight is 1070 g/mol. The molecule has 0 unspecified atom stereocenters. The molecule has 1 aromatic rings. The standard InChI is InChI=1S/C49H72F9N3O11.Na/c1-11-32(41(64)65)34-15-14-25(4)39(69-34)29(8)37(62)28(7)38(63)33(12-2)40-26(5)22-27(6)44(70-40)19-16-35(45(72-44)21-20-42(10,71-45)36-17-18-43(66,13-3)30(9)68-36)61-23-31(59-60-61)24-67-46(47(50,51)52,48(53,54)55)49(56,57)58;/h16,19,23,25-30,32-37,39-40,62,66H,11-15,17-18,20-22,24H2,1-10H3,(H,64,65);/q;+1/p-1/t25-,26-,27+,28-,29-,30-,32+,33-,34+,35-,36+,37+,39+,40-,42-,43+,44-,45-;/m0./s1. The number of Topliss-reactive ketones (excluding diaryl/α,β-unsaturated/α-hetero) is 1. The first-order chi connectivity index (χ1) is 33.2.